The van der Waals surface area contributed by atoms with Crippen LogP contribution in [-0.4, -0.2) is 38.6 Å². The molecule has 27 heavy (non-hydrogen) atoms. The Labute approximate surface area is 163 Å². The molecule has 1 N–H and O–H groups in total. The monoisotopic (exact) mass is 383 g/mol. The normalized spacial score (nSPS) is 17.0. The van der Waals surface area contributed by atoms with Gasteiger partial charge < -0.3 is 14.8 Å². The number of nitrogens with one attached hydrogen (secondary N) is 1. The Morgan fingerprint density at radius 3 is 2.89 bits per heavy atom. The van der Waals surface area contributed by atoms with E-state index in [1.165, 1.54) is 0 Å². The van der Waals surface area contributed by atoms with Crippen molar-refractivity contribution in [2.24, 2.45) is 0 Å². The molecule has 6 nitrogen and oxygen atoms in total. The number of hydrogen-bond donors (Lipinski definition) is 1. The molecule has 3 aromatic rings. The van der Waals surface area contributed by atoms with Gasteiger partial charge in [0.25, 0.3) is 0 Å². The molecule has 1 atom stereocenters. The Morgan fingerprint density at radius 2 is 2.11 bits per heavy atom. The minimum Gasteiger partial charge on any atom is -0.324 e. The standard InChI is InChI=1S/C20H22ClN5O/c1-13(2)26-18-11-22-9-7-17(18)23-19(26)14-8-10-25(12-14)20(27)24-16-6-4-3-5-15(16)21/h3-7,9,11,13-14H,8,10,12H2,1-2H3,(H,24,27)/t14-/m1/s1. The van der Waals surface area contributed by atoms with Crippen LogP contribution in [0.15, 0.2) is 42.7 Å². The molecule has 7 heteroatoms. The molecule has 140 valence electrons. The lowest BCUT2D eigenvalue weighted by molar-refractivity contribution is 0.222. The lowest BCUT2D eigenvalue weighted by Gasteiger charge is -2.19. The van der Waals surface area contributed by atoms with Gasteiger partial charge in [0, 0.05) is 31.2 Å². The number of carbonyl (C=O) groups is 1. The summed E-state index contributed by atoms with van der Waals surface area (Å²) in [5, 5.41) is 3.44. The fourth-order valence-electron chi connectivity index (χ4n) is 3.70. The Bertz CT molecular complexity index is 983. The highest BCUT2D eigenvalue weighted by Gasteiger charge is 2.31. The summed E-state index contributed by atoms with van der Waals surface area (Å²) < 4.78 is 2.24. The van der Waals surface area contributed by atoms with Crippen molar-refractivity contribution < 1.29 is 4.79 Å². The molecular formula is C20H22ClN5O. The van der Waals surface area contributed by atoms with Gasteiger partial charge in [0.2, 0.25) is 0 Å². The number of para-hydroxylation sites is 1. The number of fused-ring (bicyclic) bond motifs is 1. The Kier molecular flexibility index (Phi) is 4.74. The van der Waals surface area contributed by atoms with Gasteiger partial charge in [-0.1, -0.05) is 23.7 Å². The second-order valence-electron chi connectivity index (χ2n) is 7.14. The SMILES string of the molecule is CC(C)n1c([C@@H]2CCN(C(=O)Nc3ccccc3Cl)C2)nc2ccncc21. The molecule has 0 spiro atoms. The highest BCUT2D eigenvalue weighted by atomic mass is 35.5. The molecule has 3 heterocycles. The highest BCUT2D eigenvalue weighted by molar-refractivity contribution is 6.33. The van der Waals surface area contributed by atoms with Gasteiger partial charge in [-0.25, -0.2) is 9.78 Å². The molecule has 0 saturated carbocycles. The number of rotatable bonds is 3. The topological polar surface area (TPSA) is 63.1 Å². The minimum absolute atomic E-state index is 0.125. The van der Waals surface area contributed by atoms with Gasteiger partial charge in [-0.3, -0.25) is 4.98 Å². The molecule has 1 fully saturated rings. The lowest BCUT2D eigenvalue weighted by atomic mass is 10.1. The molecular weight excluding hydrogens is 362 g/mol. The van der Waals surface area contributed by atoms with Crippen LogP contribution in [0.3, 0.4) is 0 Å². The summed E-state index contributed by atoms with van der Waals surface area (Å²) >= 11 is 6.15. The smallest absolute Gasteiger partial charge is 0.321 e. The van der Waals surface area contributed by atoms with E-state index in [9.17, 15) is 4.79 Å². The predicted octanol–water partition coefficient (Wildman–Crippen LogP) is 4.69. The number of pyridine rings is 1. The van der Waals surface area contributed by atoms with Crippen molar-refractivity contribution in [3.8, 4) is 0 Å². The zero-order chi connectivity index (χ0) is 19.0. The number of imidazole rings is 1. The molecule has 1 aromatic carbocycles. The fraction of sp³-hybridized carbons (Fsp3) is 0.350. The average Bonchev–Trinajstić information content (AvgIpc) is 3.28. The van der Waals surface area contributed by atoms with Crippen LogP contribution in [0, 0.1) is 0 Å². The zero-order valence-corrected chi connectivity index (χ0v) is 16.1. The van der Waals surface area contributed by atoms with E-state index in [2.05, 4.69) is 28.7 Å². The number of hydrogen-bond acceptors (Lipinski definition) is 3. The van der Waals surface area contributed by atoms with E-state index in [0.29, 0.717) is 23.8 Å². The number of aromatic nitrogens is 3. The summed E-state index contributed by atoms with van der Waals surface area (Å²) in [4.78, 5) is 23.6. The number of halogens is 1. The first-order valence-corrected chi connectivity index (χ1v) is 9.54. The first-order chi connectivity index (χ1) is 13.0. The largest absolute Gasteiger partial charge is 0.324 e. The number of amides is 2. The van der Waals surface area contributed by atoms with E-state index >= 15 is 0 Å². The van der Waals surface area contributed by atoms with Gasteiger partial charge in [-0.2, -0.15) is 0 Å². The quantitative estimate of drug-likeness (QED) is 0.713. The molecule has 1 saturated heterocycles. The number of carbonyl (C=O) groups excluding carboxylic acids is 1. The zero-order valence-electron chi connectivity index (χ0n) is 15.4. The van der Waals surface area contributed by atoms with E-state index in [0.717, 1.165) is 23.3 Å². The van der Waals surface area contributed by atoms with E-state index in [4.69, 9.17) is 16.6 Å². The number of nitrogens with zero attached hydrogens (tertiary/aromatic N) is 4. The average molecular weight is 384 g/mol. The van der Waals surface area contributed by atoms with Crippen molar-refractivity contribution in [2.75, 3.05) is 18.4 Å². The molecule has 0 radical (unpaired) electrons. The second-order valence-corrected chi connectivity index (χ2v) is 7.55. The summed E-state index contributed by atoms with van der Waals surface area (Å²) in [5.41, 5.74) is 2.63. The summed E-state index contributed by atoms with van der Waals surface area (Å²) in [5.74, 6) is 1.23. The third kappa shape index (κ3) is 3.37. The van der Waals surface area contributed by atoms with E-state index in [-0.39, 0.29) is 18.0 Å². The maximum absolute atomic E-state index is 12.7. The third-order valence-electron chi connectivity index (χ3n) is 4.99. The second kappa shape index (κ2) is 7.19. The van der Waals surface area contributed by atoms with Crippen LogP contribution < -0.4 is 5.32 Å². The minimum atomic E-state index is -0.125. The van der Waals surface area contributed by atoms with Gasteiger partial charge in [0.05, 0.1) is 27.9 Å². The van der Waals surface area contributed by atoms with Crippen LogP contribution in [0.25, 0.3) is 11.0 Å². The van der Waals surface area contributed by atoms with Crippen LogP contribution in [-0.2, 0) is 0 Å². The van der Waals surface area contributed by atoms with Crippen molar-refractivity contribution >= 4 is 34.4 Å². The first-order valence-electron chi connectivity index (χ1n) is 9.17. The number of benzene rings is 1. The van der Waals surface area contributed by atoms with Crippen LogP contribution in [0.5, 0.6) is 0 Å². The number of urea groups is 1. The van der Waals surface area contributed by atoms with Gasteiger partial charge >= 0.3 is 6.03 Å². The molecule has 0 unspecified atom stereocenters. The van der Waals surface area contributed by atoms with E-state index in [1.807, 2.05) is 29.3 Å². The lowest BCUT2D eigenvalue weighted by Crippen LogP contribution is -2.33. The highest BCUT2D eigenvalue weighted by Crippen LogP contribution is 2.32. The van der Waals surface area contributed by atoms with Crippen molar-refractivity contribution in [3.63, 3.8) is 0 Å². The van der Waals surface area contributed by atoms with Crippen LogP contribution in [0.4, 0.5) is 10.5 Å². The Morgan fingerprint density at radius 1 is 1.30 bits per heavy atom. The van der Waals surface area contributed by atoms with Crippen LogP contribution in [0.1, 0.15) is 38.1 Å². The van der Waals surface area contributed by atoms with Gasteiger partial charge in [-0.05, 0) is 38.5 Å². The van der Waals surface area contributed by atoms with Gasteiger partial charge in [0.15, 0.2) is 0 Å². The fourth-order valence-corrected chi connectivity index (χ4v) is 3.89. The summed E-state index contributed by atoms with van der Waals surface area (Å²) in [6, 6.07) is 9.36. The maximum Gasteiger partial charge on any atom is 0.321 e. The molecule has 0 bridgehead atoms. The van der Waals surface area contributed by atoms with Crippen molar-refractivity contribution in [2.45, 2.75) is 32.2 Å². The molecule has 4 rings (SSSR count). The van der Waals surface area contributed by atoms with Gasteiger partial charge in [0.1, 0.15) is 5.82 Å². The summed E-state index contributed by atoms with van der Waals surface area (Å²) in [7, 11) is 0. The van der Waals surface area contributed by atoms with E-state index in [1.54, 1.807) is 18.3 Å². The van der Waals surface area contributed by atoms with Gasteiger partial charge in [-0.15, -0.1) is 0 Å². The van der Waals surface area contributed by atoms with Crippen molar-refractivity contribution in [1.82, 2.24) is 19.4 Å². The first kappa shape index (κ1) is 17.8. The molecule has 2 aromatic heterocycles. The molecule has 2 amide bonds. The van der Waals surface area contributed by atoms with Crippen molar-refractivity contribution in [1.29, 1.82) is 0 Å². The third-order valence-corrected chi connectivity index (χ3v) is 5.32. The predicted molar refractivity (Wildman–Crippen MR) is 107 cm³/mol. The summed E-state index contributed by atoms with van der Waals surface area (Å²) in [6.45, 7) is 5.63. The summed E-state index contributed by atoms with van der Waals surface area (Å²) in [6.07, 6.45) is 4.52. The number of anilines is 1. The Hall–Kier alpha value is -2.60. The molecule has 1 aliphatic rings. The van der Waals surface area contributed by atoms with Crippen molar-refractivity contribution in [3.05, 3.63) is 53.6 Å². The van der Waals surface area contributed by atoms with E-state index < -0.39 is 0 Å². The Balaban J connectivity index is 1.55. The maximum atomic E-state index is 12.7. The van der Waals surface area contributed by atoms with Crippen LogP contribution >= 0.6 is 11.6 Å². The molecule has 0 aliphatic carbocycles. The van der Waals surface area contributed by atoms with Crippen LogP contribution in [0.2, 0.25) is 5.02 Å². The molecule has 1 aliphatic heterocycles. The number of likely N-dealkylation sites (tertiary alicyclic amines) is 1.